The number of aliphatic hydroxyl groups excluding tert-OH is 1. The minimum absolute atomic E-state index is 0.0566. The van der Waals surface area contributed by atoms with Crippen molar-refractivity contribution in [2.75, 3.05) is 0 Å². The maximum absolute atomic E-state index is 12.2. The summed E-state index contributed by atoms with van der Waals surface area (Å²) in [4.78, 5) is 24.0. The van der Waals surface area contributed by atoms with Crippen LogP contribution >= 0.6 is 11.6 Å². The van der Waals surface area contributed by atoms with Gasteiger partial charge in [-0.05, 0) is 24.6 Å². The normalized spacial score (nSPS) is 19.7. The summed E-state index contributed by atoms with van der Waals surface area (Å²) in [6.07, 6.45) is 0. The third-order valence-electron chi connectivity index (χ3n) is 3.80. The van der Waals surface area contributed by atoms with Crippen molar-refractivity contribution in [3.8, 4) is 0 Å². The Morgan fingerprint density at radius 2 is 1.65 bits per heavy atom. The lowest BCUT2D eigenvalue weighted by Crippen LogP contribution is -2.21. The number of carbonyl (C=O) groups excluding carboxylic acids is 2. The molecule has 1 unspecified atom stereocenters. The molecule has 1 amide bonds. The van der Waals surface area contributed by atoms with Crippen molar-refractivity contribution >= 4 is 29.1 Å². The number of aryl methyl sites for hydroxylation is 1. The fourth-order valence-corrected chi connectivity index (χ4v) is 2.66. The Kier molecular flexibility index (Phi) is 3.92. The summed E-state index contributed by atoms with van der Waals surface area (Å²) >= 11 is 5.87. The van der Waals surface area contributed by atoms with Gasteiger partial charge in [-0.25, -0.2) is 0 Å². The molecule has 116 valence electrons. The first-order valence-corrected chi connectivity index (χ1v) is 7.46. The zero-order valence-electron chi connectivity index (χ0n) is 12.3. The molecule has 1 fully saturated rings. The van der Waals surface area contributed by atoms with Crippen LogP contribution in [0.5, 0.6) is 0 Å². The molecule has 0 aromatic heterocycles. The lowest BCUT2D eigenvalue weighted by Gasteiger charge is -2.14. The Bertz CT molecular complexity index is 807. The van der Waals surface area contributed by atoms with Crippen LogP contribution in [-0.2, 0) is 9.59 Å². The average Bonchev–Trinajstić information content (AvgIpc) is 2.84. The summed E-state index contributed by atoms with van der Waals surface area (Å²) in [5, 5.41) is 13.7. The topological polar surface area (TPSA) is 66.4 Å². The van der Waals surface area contributed by atoms with Crippen LogP contribution in [0.2, 0.25) is 5.02 Å². The minimum Gasteiger partial charge on any atom is -0.507 e. The van der Waals surface area contributed by atoms with Crippen LogP contribution in [0, 0.1) is 6.92 Å². The molecular weight excluding hydrogens is 314 g/mol. The summed E-state index contributed by atoms with van der Waals surface area (Å²) in [7, 11) is 0. The Morgan fingerprint density at radius 1 is 1.04 bits per heavy atom. The van der Waals surface area contributed by atoms with Gasteiger partial charge in [0.15, 0.2) is 0 Å². The van der Waals surface area contributed by atoms with Crippen molar-refractivity contribution in [2.24, 2.45) is 0 Å². The molecule has 4 nitrogen and oxygen atoms in total. The van der Waals surface area contributed by atoms with E-state index in [1.165, 1.54) is 0 Å². The van der Waals surface area contributed by atoms with E-state index in [9.17, 15) is 14.7 Å². The monoisotopic (exact) mass is 327 g/mol. The summed E-state index contributed by atoms with van der Waals surface area (Å²) in [5.74, 6) is -1.63. The largest absolute Gasteiger partial charge is 0.507 e. The molecule has 2 aromatic carbocycles. The van der Waals surface area contributed by atoms with Gasteiger partial charge in [0.1, 0.15) is 5.76 Å². The second-order valence-electron chi connectivity index (χ2n) is 5.42. The van der Waals surface area contributed by atoms with E-state index in [0.29, 0.717) is 16.1 Å². The molecule has 3 rings (SSSR count). The van der Waals surface area contributed by atoms with E-state index in [4.69, 9.17) is 11.6 Å². The van der Waals surface area contributed by atoms with Gasteiger partial charge < -0.3 is 10.4 Å². The SMILES string of the molecule is Cc1ccc(/C(O)=C2\C(=O)C(=O)NC2c2ccc(Cl)cc2)cc1. The van der Waals surface area contributed by atoms with Crippen LogP contribution < -0.4 is 5.32 Å². The summed E-state index contributed by atoms with van der Waals surface area (Å²) in [6.45, 7) is 1.93. The number of halogens is 1. The summed E-state index contributed by atoms with van der Waals surface area (Å²) < 4.78 is 0. The van der Waals surface area contributed by atoms with Gasteiger partial charge in [0.05, 0.1) is 11.6 Å². The highest BCUT2D eigenvalue weighted by atomic mass is 35.5. The average molecular weight is 328 g/mol. The molecule has 1 heterocycles. The molecule has 23 heavy (non-hydrogen) atoms. The van der Waals surface area contributed by atoms with E-state index in [1.807, 2.05) is 19.1 Å². The van der Waals surface area contributed by atoms with Gasteiger partial charge in [-0.3, -0.25) is 9.59 Å². The molecule has 1 atom stereocenters. The first kappa shape index (κ1) is 15.3. The maximum atomic E-state index is 12.2. The fourth-order valence-electron chi connectivity index (χ4n) is 2.54. The molecule has 0 aliphatic carbocycles. The van der Waals surface area contributed by atoms with Gasteiger partial charge in [0.2, 0.25) is 0 Å². The van der Waals surface area contributed by atoms with Gasteiger partial charge in [-0.1, -0.05) is 53.6 Å². The van der Waals surface area contributed by atoms with E-state index in [-0.39, 0.29) is 11.3 Å². The number of hydrogen-bond acceptors (Lipinski definition) is 3. The van der Waals surface area contributed by atoms with Crippen molar-refractivity contribution in [1.29, 1.82) is 0 Å². The number of Topliss-reactive ketones (excluding diaryl/α,β-unsaturated/α-hetero) is 1. The highest BCUT2D eigenvalue weighted by Gasteiger charge is 2.39. The van der Waals surface area contributed by atoms with Crippen molar-refractivity contribution in [3.63, 3.8) is 0 Å². The molecule has 2 N–H and O–H groups in total. The number of hydrogen-bond donors (Lipinski definition) is 2. The predicted octanol–water partition coefficient (Wildman–Crippen LogP) is 3.36. The van der Waals surface area contributed by atoms with Crippen molar-refractivity contribution in [2.45, 2.75) is 13.0 Å². The second kappa shape index (κ2) is 5.89. The first-order chi connectivity index (χ1) is 11.0. The van der Waals surface area contributed by atoms with Crippen LogP contribution in [0.1, 0.15) is 22.7 Å². The van der Waals surface area contributed by atoms with Crippen molar-refractivity contribution < 1.29 is 14.7 Å². The smallest absolute Gasteiger partial charge is 0.293 e. The fraction of sp³-hybridized carbons (Fsp3) is 0.111. The number of benzene rings is 2. The van der Waals surface area contributed by atoms with E-state index in [1.54, 1.807) is 36.4 Å². The molecular formula is C18H14ClNO3. The molecule has 5 heteroatoms. The molecule has 2 aromatic rings. The van der Waals surface area contributed by atoms with Gasteiger partial charge in [0, 0.05) is 10.6 Å². The quantitative estimate of drug-likeness (QED) is 0.505. The number of aliphatic hydroxyl groups is 1. The van der Waals surface area contributed by atoms with Crippen molar-refractivity contribution in [1.82, 2.24) is 5.32 Å². The molecule has 0 saturated carbocycles. The van der Waals surface area contributed by atoms with E-state index in [2.05, 4.69) is 5.32 Å². The zero-order valence-corrected chi connectivity index (χ0v) is 13.1. The second-order valence-corrected chi connectivity index (χ2v) is 5.85. The van der Waals surface area contributed by atoms with Crippen LogP contribution in [0.25, 0.3) is 5.76 Å². The standard InChI is InChI=1S/C18H14ClNO3/c1-10-2-4-12(5-3-10)16(21)14-15(20-18(23)17(14)22)11-6-8-13(19)9-7-11/h2-9,15,21H,1H3,(H,20,23)/b16-14+. The number of nitrogens with one attached hydrogen (secondary N) is 1. The zero-order chi connectivity index (χ0) is 16.6. The van der Waals surface area contributed by atoms with E-state index in [0.717, 1.165) is 5.56 Å². The van der Waals surface area contributed by atoms with Crippen LogP contribution in [0.4, 0.5) is 0 Å². The molecule has 1 aliphatic heterocycles. The molecule has 0 bridgehead atoms. The third kappa shape index (κ3) is 2.85. The highest BCUT2D eigenvalue weighted by Crippen LogP contribution is 2.33. The maximum Gasteiger partial charge on any atom is 0.293 e. The predicted molar refractivity (Wildman–Crippen MR) is 88.1 cm³/mol. The summed E-state index contributed by atoms with van der Waals surface area (Å²) in [5.41, 5.74) is 2.27. The minimum atomic E-state index is -0.724. The Morgan fingerprint density at radius 3 is 2.26 bits per heavy atom. The number of carbonyl (C=O) groups is 2. The number of rotatable bonds is 2. The van der Waals surface area contributed by atoms with Gasteiger partial charge in [-0.15, -0.1) is 0 Å². The Balaban J connectivity index is 2.10. The highest BCUT2D eigenvalue weighted by molar-refractivity contribution is 6.46. The number of amides is 1. The lowest BCUT2D eigenvalue weighted by atomic mass is 9.95. The number of ketones is 1. The molecule has 0 radical (unpaired) electrons. The Labute approximate surface area is 138 Å². The van der Waals surface area contributed by atoms with E-state index >= 15 is 0 Å². The van der Waals surface area contributed by atoms with Gasteiger partial charge >= 0.3 is 0 Å². The molecule has 1 aliphatic rings. The van der Waals surface area contributed by atoms with Crippen LogP contribution in [0.3, 0.4) is 0 Å². The van der Waals surface area contributed by atoms with Crippen LogP contribution in [0.15, 0.2) is 54.1 Å². The lowest BCUT2D eigenvalue weighted by molar-refractivity contribution is -0.133. The Hall–Kier alpha value is -2.59. The van der Waals surface area contributed by atoms with Crippen molar-refractivity contribution in [3.05, 3.63) is 75.8 Å². The van der Waals surface area contributed by atoms with Crippen LogP contribution in [-0.4, -0.2) is 16.8 Å². The van der Waals surface area contributed by atoms with Gasteiger partial charge in [-0.2, -0.15) is 0 Å². The molecule has 1 saturated heterocycles. The van der Waals surface area contributed by atoms with E-state index < -0.39 is 17.7 Å². The van der Waals surface area contributed by atoms with Gasteiger partial charge in [0.25, 0.3) is 11.7 Å². The molecule has 0 spiro atoms. The first-order valence-electron chi connectivity index (χ1n) is 7.08. The third-order valence-corrected chi connectivity index (χ3v) is 4.05. The summed E-state index contributed by atoms with van der Waals surface area (Å²) in [6, 6.07) is 13.2.